The Hall–Kier alpha value is -1.35. The smallest absolute Gasteiger partial charge is 0.131 e. The van der Waals surface area contributed by atoms with Crippen LogP contribution in [-0.2, 0) is 0 Å². The predicted octanol–water partition coefficient (Wildman–Crippen LogP) is 1.72. The highest BCUT2D eigenvalue weighted by Crippen LogP contribution is 2.22. The third kappa shape index (κ3) is 2.33. The van der Waals surface area contributed by atoms with Crippen molar-refractivity contribution in [3.63, 3.8) is 0 Å². The summed E-state index contributed by atoms with van der Waals surface area (Å²) in [5, 5.41) is 0. The molecule has 0 atom stereocenters. The molecular formula is C11H17N3. The summed E-state index contributed by atoms with van der Waals surface area (Å²) in [6, 6.07) is 1.96. The van der Waals surface area contributed by atoms with E-state index in [9.17, 15) is 0 Å². The molecule has 1 aromatic heterocycles. The molecule has 0 saturated carbocycles. The van der Waals surface area contributed by atoms with Crippen molar-refractivity contribution in [1.29, 1.82) is 0 Å². The molecule has 1 heterocycles. The molecule has 0 radical (unpaired) electrons. The quantitative estimate of drug-likeness (QED) is 0.764. The fourth-order valence-corrected chi connectivity index (χ4v) is 1.49. The lowest BCUT2D eigenvalue weighted by Crippen LogP contribution is -2.00. The topological polar surface area (TPSA) is 64.9 Å². The van der Waals surface area contributed by atoms with Crippen LogP contribution in [0.25, 0.3) is 5.57 Å². The summed E-state index contributed by atoms with van der Waals surface area (Å²) >= 11 is 0. The van der Waals surface area contributed by atoms with E-state index >= 15 is 0 Å². The van der Waals surface area contributed by atoms with Crippen LogP contribution >= 0.6 is 0 Å². The fourth-order valence-electron chi connectivity index (χ4n) is 1.49. The molecule has 0 aromatic carbocycles. The summed E-state index contributed by atoms with van der Waals surface area (Å²) in [7, 11) is 0. The van der Waals surface area contributed by atoms with E-state index < -0.39 is 0 Å². The van der Waals surface area contributed by atoms with Gasteiger partial charge in [0.2, 0.25) is 0 Å². The number of hydrogen-bond donors (Lipinski definition) is 2. The van der Waals surface area contributed by atoms with Gasteiger partial charge in [0.1, 0.15) is 5.82 Å². The lowest BCUT2D eigenvalue weighted by molar-refractivity contribution is 1.01. The van der Waals surface area contributed by atoms with E-state index in [4.69, 9.17) is 11.5 Å². The maximum Gasteiger partial charge on any atom is 0.131 e. The first-order chi connectivity index (χ1) is 6.66. The van der Waals surface area contributed by atoms with Gasteiger partial charge in [-0.05, 0) is 44.0 Å². The van der Waals surface area contributed by atoms with Crippen LogP contribution in [0.5, 0.6) is 0 Å². The SMILES string of the molecule is CC(=CCCN)c1c(C)ccnc1N. The lowest BCUT2D eigenvalue weighted by Gasteiger charge is -2.08. The Morgan fingerprint density at radius 2 is 2.29 bits per heavy atom. The van der Waals surface area contributed by atoms with Crippen LogP contribution in [0.2, 0.25) is 0 Å². The van der Waals surface area contributed by atoms with Crippen molar-refractivity contribution < 1.29 is 0 Å². The Morgan fingerprint density at radius 3 is 2.86 bits per heavy atom. The van der Waals surface area contributed by atoms with Gasteiger partial charge in [0.05, 0.1) is 0 Å². The maximum atomic E-state index is 5.81. The van der Waals surface area contributed by atoms with Crippen molar-refractivity contribution in [1.82, 2.24) is 4.98 Å². The minimum Gasteiger partial charge on any atom is -0.383 e. The molecule has 0 aliphatic carbocycles. The molecule has 0 unspecified atom stereocenters. The number of aryl methyl sites for hydroxylation is 1. The van der Waals surface area contributed by atoms with Crippen LogP contribution < -0.4 is 11.5 Å². The Kier molecular flexibility index (Phi) is 3.65. The Balaban J connectivity index is 3.05. The van der Waals surface area contributed by atoms with Crippen LogP contribution in [0.4, 0.5) is 5.82 Å². The molecule has 0 amide bonds. The van der Waals surface area contributed by atoms with Gasteiger partial charge in [-0.25, -0.2) is 4.98 Å². The monoisotopic (exact) mass is 191 g/mol. The van der Waals surface area contributed by atoms with E-state index in [1.54, 1.807) is 6.20 Å². The van der Waals surface area contributed by atoms with Gasteiger partial charge in [0, 0.05) is 11.8 Å². The zero-order valence-corrected chi connectivity index (χ0v) is 8.75. The lowest BCUT2D eigenvalue weighted by atomic mass is 10.0. The molecule has 4 N–H and O–H groups in total. The zero-order valence-electron chi connectivity index (χ0n) is 8.75. The highest BCUT2D eigenvalue weighted by molar-refractivity contribution is 5.73. The van der Waals surface area contributed by atoms with Gasteiger partial charge >= 0.3 is 0 Å². The van der Waals surface area contributed by atoms with Crippen LogP contribution in [0.3, 0.4) is 0 Å². The molecule has 0 fully saturated rings. The first-order valence-electron chi connectivity index (χ1n) is 4.75. The van der Waals surface area contributed by atoms with Gasteiger partial charge < -0.3 is 11.5 Å². The van der Waals surface area contributed by atoms with Crippen LogP contribution in [0.1, 0.15) is 24.5 Å². The molecule has 0 aliphatic rings. The number of pyridine rings is 1. The second-order valence-electron chi connectivity index (χ2n) is 3.35. The number of aromatic nitrogens is 1. The van der Waals surface area contributed by atoms with E-state index in [0.29, 0.717) is 12.4 Å². The molecule has 3 heteroatoms. The maximum absolute atomic E-state index is 5.81. The molecule has 1 rings (SSSR count). The number of allylic oxidation sites excluding steroid dienone is 1. The van der Waals surface area contributed by atoms with Crippen molar-refractivity contribution in [3.8, 4) is 0 Å². The third-order valence-corrected chi connectivity index (χ3v) is 2.20. The average Bonchev–Trinajstić information content (AvgIpc) is 2.14. The Labute approximate surface area is 84.8 Å². The first kappa shape index (κ1) is 10.7. The number of nitrogens with two attached hydrogens (primary N) is 2. The minimum absolute atomic E-state index is 0.593. The van der Waals surface area contributed by atoms with E-state index in [-0.39, 0.29) is 0 Å². The Bertz CT molecular complexity index is 322. The Morgan fingerprint density at radius 1 is 1.57 bits per heavy atom. The summed E-state index contributed by atoms with van der Waals surface area (Å²) in [4.78, 5) is 4.07. The number of anilines is 1. The molecule has 0 spiro atoms. The summed E-state index contributed by atoms with van der Waals surface area (Å²) in [6.07, 6.45) is 4.70. The molecule has 1 aromatic rings. The van der Waals surface area contributed by atoms with Gasteiger partial charge in [-0.15, -0.1) is 0 Å². The standard InChI is InChI=1S/C11H17N3/c1-8(4-3-6-12)10-9(2)5-7-14-11(10)13/h4-5,7H,3,6,12H2,1-2H3,(H2,13,14). The number of nitrogens with zero attached hydrogens (tertiary/aromatic N) is 1. The van der Waals surface area contributed by atoms with E-state index in [2.05, 4.69) is 11.1 Å². The van der Waals surface area contributed by atoms with E-state index in [1.807, 2.05) is 19.9 Å². The highest BCUT2D eigenvalue weighted by atomic mass is 14.8. The van der Waals surface area contributed by atoms with E-state index in [0.717, 1.165) is 23.1 Å². The summed E-state index contributed by atoms with van der Waals surface area (Å²) in [6.45, 7) is 4.74. The van der Waals surface area contributed by atoms with Crippen molar-refractivity contribution in [2.45, 2.75) is 20.3 Å². The third-order valence-electron chi connectivity index (χ3n) is 2.20. The van der Waals surface area contributed by atoms with Crippen LogP contribution in [0.15, 0.2) is 18.3 Å². The normalized spacial score (nSPS) is 11.8. The number of rotatable bonds is 3. The highest BCUT2D eigenvalue weighted by Gasteiger charge is 2.04. The summed E-state index contributed by atoms with van der Waals surface area (Å²) < 4.78 is 0. The minimum atomic E-state index is 0.593. The molecule has 0 aliphatic heterocycles. The molecule has 0 bridgehead atoms. The molecule has 76 valence electrons. The van der Waals surface area contributed by atoms with Gasteiger partial charge in [-0.2, -0.15) is 0 Å². The van der Waals surface area contributed by atoms with Gasteiger partial charge in [0.25, 0.3) is 0 Å². The second kappa shape index (κ2) is 4.77. The van der Waals surface area contributed by atoms with Gasteiger partial charge in [-0.1, -0.05) is 6.08 Å². The zero-order chi connectivity index (χ0) is 10.6. The average molecular weight is 191 g/mol. The van der Waals surface area contributed by atoms with E-state index in [1.165, 1.54) is 0 Å². The molecule has 14 heavy (non-hydrogen) atoms. The first-order valence-corrected chi connectivity index (χ1v) is 4.75. The number of hydrogen-bond acceptors (Lipinski definition) is 3. The molecular weight excluding hydrogens is 174 g/mol. The largest absolute Gasteiger partial charge is 0.383 e. The predicted molar refractivity (Wildman–Crippen MR) is 60.7 cm³/mol. The van der Waals surface area contributed by atoms with Crippen LogP contribution in [0, 0.1) is 6.92 Å². The van der Waals surface area contributed by atoms with Crippen molar-refractivity contribution in [3.05, 3.63) is 29.5 Å². The summed E-state index contributed by atoms with van der Waals surface area (Å²) in [5.74, 6) is 0.593. The van der Waals surface area contributed by atoms with Gasteiger partial charge in [0.15, 0.2) is 0 Å². The summed E-state index contributed by atoms with van der Waals surface area (Å²) in [5.41, 5.74) is 14.6. The van der Waals surface area contributed by atoms with Crippen molar-refractivity contribution in [2.24, 2.45) is 5.73 Å². The van der Waals surface area contributed by atoms with Gasteiger partial charge in [-0.3, -0.25) is 0 Å². The van der Waals surface area contributed by atoms with Crippen LogP contribution in [-0.4, -0.2) is 11.5 Å². The van der Waals surface area contributed by atoms with Crippen molar-refractivity contribution in [2.75, 3.05) is 12.3 Å². The number of nitrogen functional groups attached to an aromatic ring is 1. The van der Waals surface area contributed by atoms with Crippen molar-refractivity contribution >= 4 is 11.4 Å². The fraction of sp³-hybridized carbons (Fsp3) is 0.364. The molecule has 0 saturated heterocycles. The molecule has 3 nitrogen and oxygen atoms in total. The second-order valence-corrected chi connectivity index (χ2v) is 3.35.